The van der Waals surface area contributed by atoms with Crippen LogP contribution in [0.1, 0.15) is 5.56 Å². The van der Waals surface area contributed by atoms with Gasteiger partial charge in [-0.1, -0.05) is 39.7 Å². The molecule has 2 aromatic carbocycles. The van der Waals surface area contributed by atoms with E-state index in [4.69, 9.17) is 11.6 Å². The Labute approximate surface area is 139 Å². The van der Waals surface area contributed by atoms with E-state index < -0.39 is 0 Å². The maximum Gasteiger partial charge on any atom is 0.103 e. The highest BCUT2D eigenvalue weighted by Gasteiger charge is 2.20. The molecular weight excluding hydrogens is 348 g/mol. The molecule has 1 aliphatic rings. The molecule has 3 rings (SSSR count). The fraction of sp³-hybridized carbons (Fsp3) is 0.294. The van der Waals surface area contributed by atoms with Crippen LogP contribution in [0, 0.1) is 0 Å². The van der Waals surface area contributed by atoms with E-state index in [0.717, 1.165) is 29.1 Å². The summed E-state index contributed by atoms with van der Waals surface area (Å²) in [6.45, 7) is 5.68. The van der Waals surface area contributed by atoms with Gasteiger partial charge in [-0.15, -0.1) is 0 Å². The van der Waals surface area contributed by atoms with Gasteiger partial charge in [-0.2, -0.15) is 0 Å². The lowest BCUT2D eigenvalue weighted by molar-refractivity contribution is -0.914. The molecule has 110 valence electrons. The number of hydrogen-bond acceptors (Lipinski definition) is 1. The van der Waals surface area contributed by atoms with Gasteiger partial charge in [0.15, 0.2) is 0 Å². The molecule has 0 aliphatic carbocycles. The summed E-state index contributed by atoms with van der Waals surface area (Å²) in [5, 5.41) is 0.804. The normalized spacial score (nSPS) is 16.2. The zero-order valence-electron chi connectivity index (χ0n) is 11.9. The summed E-state index contributed by atoms with van der Waals surface area (Å²) >= 11 is 9.44. The van der Waals surface area contributed by atoms with Crippen LogP contribution in [0.2, 0.25) is 5.02 Å². The molecule has 0 saturated carbocycles. The van der Waals surface area contributed by atoms with Crippen molar-refractivity contribution >= 4 is 33.2 Å². The summed E-state index contributed by atoms with van der Waals surface area (Å²) in [5.41, 5.74) is 2.69. The van der Waals surface area contributed by atoms with Crippen molar-refractivity contribution in [2.45, 2.75) is 6.54 Å². The minimum atomic E-state index is 0.804. The number of piperazine rings is 1. The maximum atomic E-state index is 5.95. The Morgan fingerprint density at radius 2 is 1.57 bits per heavy atom. The molecule has 0 spiro atoms. The second-order valence-electron chi connectivity index (χ2n) is 5.52. The molecule has 0 bridgehead atoms. The van der Waals surface area contributed by atoms with Crippen molar-refractivity contribution in [2.24, 2.45) is 0 Å². The molecule has 4 heteroatoms. The monoisotopic (exact) mass is 365 g/mol. The number of hydrogen-bond donors (Lipinski definition) is 1. The van der Waals surface area contributed by atoms with E-state index in [1.165, 1.54) is 24.3 Å². The molecule has 0 amide bonds. The van der Waals surface area contributed by atoms with Crippen molar-refractivity contribution in [3.8, 4) is 0 Å². The smallest absolute Gasteiger partial charge is 0.103 e. The first kappa shape index (κ1) is 14.9. The molecule has 1 fully saturated rings. The summed E-state index contributed by atoms with van der Waals surface area (Å²) in [6.07, 6.45) is 0. The Morgan fingerprint density at radius 3 is 2.19 bits per heavy atom. The lowest BCUT2D eigenvalue weighted by Gasteiger charge is -2.33. The van der Waals surface area contributed by atoms with E-state index in [2.05, 4.69) is 57.2 Å². The van der Waals surface area contributed by atoms with Gasteiger partial charge >= 0.3 is 0 Å². The summed E-state index contributed by atoms with van der Waals surface area (Å²) < 4.78 is 1.15. The van der Waals surface area contributed by atoms with E-state index in [1.54, 1.807) is 4.90 Å². The highest BCUT2D eigenvalue weighted by Crippen LogP contribution is 2.17. The largest absolute Gasteiger partial charge is 0.360 e. The number of quaternary nitrogens is 1. The van der Waals surface area contributed by atoms with Gasteiger partial charge in [-0.05, 0) is 36.4 Å². The zero-order chi connectivity index (χ0) is 14.7. The highest BCUT2D eigenvalue weighted by atomic mass is 79.9. The number of nitrogens with zero attached hydrogens (tertiary/aromatic N) is 1. The van der Waals surface area contributed by atoms with E-state index in [9.17, 15) is 0 Å². The number of anilines is 1. The van der Waals surface area contributed by atoms with Gasteiger partial charge in [-0.25, -0.2) is 0 Å². The van der Waals surface area contributed by atoms with Gasteiger partial charge < -0.3 is 9.80 Å². The first-order valence-corrected chi connectivity index (χ1v) is 8.46. The van der Waals surface area contributed by atoms with Crippen LogP contribution >= 0.6 is 27.5 Å². The van der Waals surface area contributed by atoms with Crippen LogP contribution < -0.4 is 9.80 Å². The van der Waals surface area contributed by atoms with Crippen LogP contribution in [-0.4, -0.2) is 26.2 Å². The second-order valence-corrected chi connectivity index (χ2v) is 6.87. The summed E-state index contributed by atoms with van der Waals surface area (Å²) in [7, 11) is 0. The third kappa shape index (κ3) is 4.00. The average molecular weight is 367 g/mol. The van der Waals surface area contributed by atoms with Crippen LogP contribution in [-0.2, 0) is 6.54 Å². The van der Waals surface area contributed by atoms with Crippen LogP contribution in [0.15, 0.2) is 53.0 Å². The molecule has 0 unspecified atom stereocenters. The number of rotatable bonds is 3. The van der Waals surface area contributed by atoms with Crippen molar-refractivity contribution in [1.82, 2.24) is 0 Å². The lowest BCUT2D eigenvalue weighted by atomic mass is 10.2. The predicted molar refractivity (Wildman–Crippen MR) is 92.2 cm³/mol. The van der Waals surface area contributed by atoms with Gasteiger partial charge in [0.2, 0.25) is 0 Å². The van der Waals surface area contributed by atoms with E-state index in [-0.39, 0.29) is 0 Å². The number of nitrogens with one attached hydrogen (secondary N) is 1. The SMILES string of the molecule is Clc1ccc(N2CC[NH+](Cc3ccc(Br)cc3)CC2)cc1. The van der Waals surface area contributed by atoms with Crippen molar-refractivity contribution in [1.29, 1.82) is 0 Å². The molecule has 2 nitrogen and oxygen atoms in total. The van der Waals surface area contributed by atoms with Gasteiger partial charge in [0, 0.05) is 20.7 Å². The van der Waals surface area contributed by atoms with Crippen LogP contribution in [0.5, 0.6) is 0 Å². The van der Waals surface area contributed by atoms with Gasteiger partial charge in [0.05, 0.1) is 26.2 Å². The third-order valence-corrected chi connectivity index (χ3v) is 4.81. The van der Waals surface area contributed by atoms with Gasteiger partial charge in [0.25, 0.3) is 0 Å². The average Bonchev–Trinajstić information content (AvgIpc) is 2.51. The molecule has 1 saturated heterocycles. The Balaban J connectivity index is 1.55. The molecule has 1 heterocycles. The maximum absolute atomic E-state index is 5.95. The van der Waals surface area contributed by atoms with Gasteiger partial charge in [0.1, 0.15) is 6.54 Å². The molecule has 1 aliphatic heterocycles. The first-order valence-electron chi connectivity index (χ1n) is 7.29. The third-order valence-electron chi connectivity index (χ3n) is 4.03. The Kier molecular flexibility index (Phi) is 4.84. The fourth-order valence-corrected chi connectivity index (χ4v) is 3.19. The van der Waals surface area contributed by atoms with Crippen molar-refractivity contribution in [3.63, 3.8) is 0 Å². The van der Waals surface area contributed by atoms with Crippen LogP contribution in [0.25, 0.3) is 0 Å². The highest BCUT2D eigenvalue weighted by molar-refractivity contribution is 9.10. The summed E-state index contributed by atoms with van der Waals surface area (Å²) in [4.78, 5) is 4.10. The second kappa shape index (κ2) is 6.82. The first-order chi connectivity index (χ1) is 10.2. The van der Waals surface area contributed by atoms with Crippen LogP contribution in [0.3, 0.4) is 0 Å². The Hall–Kier alpha value is -1.03. The van der Waals surface area contributed by atoms with Crippen molar-refractivity contribution < 1.29 is 4.90 Å². The fourth-order valence-electron chi connectivity index (χ4n) is 2.80. The number of benzene rings is 2. The minimum Gasteiger partial charge on any atom is -0.360 e. The van der Waals surface area contributed by atoms with E-state index >= 15 is 0 Å². The Bertz CT molecular complexity index is 575. The standard InChI is InChI=1S/C17H18BrClN2/c18-15-3-1-14(2-4-15)13-20-9-11-21(12-10-20)17-7-5-16(19)6-8-17/h1-8H,9-13H2/p+1. The minimum absolute atomic E-state index is 0.804. The summed E-state index contributed by atoms with van der Waals surface area (Å²) in [5.74, 6) is 0. The van der Waals surface area contributed by atoms with Crippen LogP contribution in [0.4, 0.5) is 5.69 Å². The molecule has 1 N–H and O–H groups in total. The molecular formula is C17H19BrClN2+. The van der Waals surface area contributed by atoms with Crippen molar-refractivity contribution in [2.75, 3.05) is 31.1 Å². The lowest BCUT2D eigenvalue weighted by Crippen LogP contribution is -3.13. The molecule has 0 aromatic heterocycles. The Morgan fingerprint density at radius 1 is 0.952 bits per heavy atom. The van der Waals surface area contributed by atoms with Gasteiger partial charge in [-0.3, -0.25) is 0 Å². The molecule has 0 atom stereocenters. The predicted octanol–water partition coefficient (Wildman–Crippen LogP) is 3.01. The van der Waals surface area contributed by atoms with E-state index in [1.807, 2.05) is 12.1 Å². The molecule has 21 heavy (non-hydrogen) atoms. The molecule has 0 radical (unpaired) electrons. The molecule has 2 aromatic rings. The zero-order valence-corrected chi connectivity index (χ0v) is 14.2. The topological polar surface area (TPSA) is 7.68 Å². The van der Waals surface area contributed by atoms with E-state index in [0.29, 0.717) is 0 Å². The summed E-state index contributed by atoms with van der Waals surface area (Å²) in [6, 6.07) is 16.8. The number of halogens is 2. The quantitative estimate of drug-likeness (QED) is 0.877. The van der Waals surface area contributed by atoms with Crippen molar-refractivity contribution in [3.05, 3.63) is 63.6 Å².